The minimum Gasteiger partial charge on any atom is -0.436 e. The number of halogens is 2. The summed E-state index contributed by atoms with van der Waals surface area (Å²) < 4.78 is 36.1. The Bertz CT molecular complexity index is 1440. The zero-order chi connectivity index (χ0) is 24.5. The highest BCUT2D eigenvalue weighted by Crippen LogP contribution is 2.35. The van der Waals surface area contributed by atoms with Crippen molar-refractivity contribution in [1.82, 2.24) is 29.6 Å². The number of pyridine rings is 1. The van der Waals surface area contributed by atoms with Crippen LogP contribution < -0.4 is 10.5 Å². The number of aromatic nitrogens is 5. The summed E-state index contributed by atoms with van der Waals surface area (Å²) in [5.74, 6) is -1.69. The van der Waals surface area contributed by atoms with E-state index >= 15 is 4.39 Å². The van der Waals surface area contributed by atoms with Gasteiger partial charge in [0.2, 0.25) is 17.7 Å². The molecule has 1 aromatic carbocycles. The predicted octanol–water partition coefficient (Wildman–Crippen LogP) is 3.89. The maximum absolute atomic E-state index is 15.2. The molecule has 1 aliphatic rings. The molecule has 0 bridgehead atoms. The van der Waals surface area contributed by atoms with Gasteiger partial charge in [0.15, 0.2) is 17.2 Å². The number of hydrogen-bond donors (Lipinski definition) is 1. The van der Waals surface area contributed by atoms with E-state index in [1.165, 1.54) is 42.7 Å². The molecule has 1 atom stereocenters. The van der Waals surface area contributed by atoms with E-state index in [0.717, 1.165) is 12.8 Å². The quantitative estimate of drug-likeness (QED) is 0.343. The van der Waals surface area contributed by atoms with Crippen molar-refractivity contribution >= 4 is 22.8 Å². The van der Waals surface area contributed by atoms with Gasteiger partial charge in [-0.3, -0.25) is 4.79 Å². The Balaban J connectivity index is 1.54. The van der Waals surface area contributed by atoms with Crippen molar-refractivity contribution in [3.8, 4) is 22.9 Å². The monoisotopic (exact) mass is 477 g/mol. The van der Waals surface area contributed by atoms with Gasteiger partial charge < -0.3 is 15.4 Å². The number of benzene rings is 1. The number of fused-ring (bicyclic) bond motifs is 1. The van der Waals surface area contributed by atoms with Crippen LogP contribution in [0.1, 0.15) is 18.9 Å². The van der Waals surface area contributed by atoms with E-state index in [9.17, 15) is 9.18 Å². The normalized spacial score (nSPS) is 15.8. The first-order chi connectivity index (χ1) is 17.0. The molecule has 0 spiro atoms. The summed E-state index contributed by atoms with van der Waals surface area (Å²) in [7, 11) is 0. The molecule has 4 heterocycles. The molecule has 4 aromatic rings. The molecular weight excluding hydrogens is 456 g/mol. The van der Waals surface area contributed by atoms with Crippen LogP contribution in [-0.2, 0) is 4.79 Å². The summed E-state index contributed by atoms with van der Waals surface area (Å²) in [5.41, 5.74) is 6.85. The van der Waals surface area contributed by atoms with Crippen LogP contribution in [0.15, 0.2) is 55.4 Å². The van der Waals surface area contributed by atoms with E-state index in [-0.39, 0.29) is 40.7 Å². The Kier molecular flexibility index (Phi) is 5.81. The van der Waals surface area contributed by atoms with E-state index in [2.05, 4.69) is 26.6 Å². The molecule has 0 unspecified atom stereocenters. The average molecular weight is 477 g/mol. The number of nitrogens with zero attached hydrogens (tertiary/aromatic N) is 6. The van der Waals surface area contributed by atoms with Crippen LogP contribution in [0.25, 0.3) is 22.3 Å². The molecule has 5 rings (SSSR count). The first-order valence-electron chi connectivity index (χ1n) is 11.0. The average Bonchev–Trinajstić information content (AvgIpc) is 3.26. The maximum atomic E-state index is 15.2. The third kappa shape index (κ3) is 4.16. The molecule has 0 radical (unpaired) electrons. The highest BCUT2D eigenvalue weighted by atomic mass is 19.1. The molecular formula is C24H21F2N7O2. The number of ether oxygens (including phenoxy) is 1. The van der Waals surface area contributed by atoms with Gasteiger partial charge in [-0.2, -0.15) is 14.5 Å². The number of likely N-dealkylation sites (tertiary alicyclic amines) is 1. The summed E-state index contributed by atoms with van der Waals surface area (Å²) in [6.07, 6.45) is 4.10. The van der Waals surface area contributed by atoms with E-state index in [1.54, 1.807) is 15.6 Å². The predicted molar refractivity (Wildman–Crippen MR) is 124 cm³/mol. The van der Waals surface area contributed by atoms with Gasteiger partial charge in [0.05, 0.1) is 17.0 Å². The van der Waals surface area contributed by atoms with Gasteiger partial charge in [-0.15, -0.1) is 0 Å². The number of carbonyl (C=O) groups excluding carboxylic acids is 1. The van der Waals surface area contributed by atoms with Gasteiger partial charge in [0.25, 0.3) is 0 Å². The van der Waals surface area contributed by atoms with Crippen LogP contribution in [-0.4, -0.2) is 48.6 Å². The van der Waals surface area contributed by atoms with Gasteiger partial charge in [0.1, 0.15) is 17.8 Å². The minimum atomic E-state index is -0.874. The number of piperidine rings is 1. The molecule has 1 saturated heterocycles. The molecule has 9 nitrogen and oxygen atoms in total. The number of nitrogen functional groups attached to an aromatic ring is 1. The third-order valence-electron chi connectivity index (χ3n) is 5.88. The van der Waals surface area contributed by atoms with Crippen LogP contribution in [0.4, 0.5) is 14.6 Å². The zero-order valence-corrected chi connectivity index (χ0v) is 18.6. The number of para-hydroxylation sites is 1. The van der Waals surface area contributed by atoms with Crippen LogP contribution in [0.2, 0.25) is 0 Å². The SMILES string of the molecule is C=CC(=O)N1CCC[C@@H](n2nc(-c3ccc(Oc4ccccc4F)nc3F)c3c(N)ncnc32)C1. The minimum absolute atomic E-state index is 0.0611. The van der Waals surface area contributed by atoms with E-state index in [0.29, 0.717) is 24.1 Å². The summed E-state index contributed by atoms with van der Waals surface area (Å²) in [6.45, 7) is 4.58. The molecule has 1 aliphatic heterocycles. The summed E-state index contributed by atoms with van der Waals surface area (Å²) in [4.78, 5) is 26.1. The van der Waals surface area contributed by atoms with Crippen LogP contribution >= 0.6 is 0 Å². The second kappa shape index (κ2) is 9.09. The van der Waals surface area contributed by atoms with Gasteiger partial charge in [0, 0.05) is 19.2 Å². The number of amides is 1. The summed E-state index contributed by atoms with van der Waals surface area (Å²) >= 11 is 0. The number of nitrogens with two attached hydrogens (primary N) is 1. The van der Waals surface area contributed by atoms with Crippen molar-refractivity contribution < 1.29 is 18.3 Å². The summed E-state index contributed by atoms with van der Waals surface area (Å²) in [6, 6.07) is 8.42. The van der Waals surface area contributed by atoms with Crippen molar-refractivity contribution in [3.05, 3.63) is 67.1 Å². The van der Waals surface area contributed by atoms with Gasteiger partial charge in [-0.05, 0) is 37.1 Å². The maximum Gasteiger partial charge on any atom is 0.246 e. The zero-order valence-electron chi connectivity index (χ0n) is 18.6. The highest BCUT2D eigenvalue weighted by Gasteiger charge is 2.29. The Hall–Kier alpha value is -4.41. The molecule has 2 N–H and O–H groups in total. The highest BCUT2D eigenvalue weighted by molar-refractivity contribution is 5.98. The van der Waals surface area contributed by atoms with Crippen LogP contribution in [0.5, 0.6) is 11.6 Å². The smallest absolute Gasteiger partial charge is 0.246 e. The molecule has 178 valence electrons. The molecule has 0 aliphatic carbocycles. The van der Waals surface area contributed by atoms with Gasteiger partial charge >= 0.3 is 0 Å². The van der Waals surface area contributed by atoms with Crippen molar-refractivity contribution in [3.63, 3.8) is 0 Å². The van der Waals surface area contributed by atoms with E-state index < -0.39 is 11.8 Å². The largest absolute Gasteiger partial charge is 0.436 e. The van der Waals surface area contributed by atoms with Crippen molar-refractivity contribution in [2.45, 2.75) is 18.9 Å². The molecule has 11 heteroatoms. The lowest BCUT2D eigenvalue weighted by molar-refractivity contribution is -0.127. The first kappa shape index (κ1) is 22.4. The molecule has 0 saturated carbocycles. The fraction of sp³-hybridized carbons (Fsp3) is 0.208. The Morgan fingerprint density at radius 1 is 1.20 bits per heavy atom. The topological polar surface area (TPSA) is 112 Å². The second-order valence-electron chi connectivity index (χ2n) is 8.06. The molecule has 35 heavy (non-hydrogen) atoms. The molecule has 1 fully saturated rings. The lowest BCUT2D eigenvalue weighted by Crippen LogP contribution is -2.40. The number of anilines is 1. The van der Waals surface area contributed by atoms with Crippen molar-refractivity contribution in [2.24, 2.45) is 0 Å². The van der Waals surface area contributed by atoms with Gasteiger partial charge in [-0.25, -0.2) is 19.0 Å². The summed E-state index contributed by atoms with van der Waals surface area (Å²) in [5, 5.41) is 5.02. The fourth-order valence-corrected chi connectivity index (χ4v) is 4.21. The van der Waals surface area contributed by atoms with E-state index in [4.69, 9.17) is 10.5 Å². The van der Waals surface area contributed by atoms with Crippen LogP contribution in [0, 0.1) is 11.8 Å². The first-order valence-corrected chi connectivity index (χ1v) is 11.0. The number of carbonyl (C=O) groups is 1. The lowest BCUT2D eigenvalue weighted by atomic mass is 10.1. The Labute approximate surface area is 198 Å². The standard InChI is InChI=1S/C24H21F2N7O2/c1-2-19(34)32-11-5-6-14(12-32)33-24-20(23(27)28-13-29-24)21(31-33)15-9-10-18(30-22(15)26)35-17-8-4-3-7-16(17)25/h2-4,7-10,13-14H,1,5-6,11-12H2,(H2,27,28,29)/t14-/m1/s1. The van der Waals surface area contributed by atoms with Crippen LogP contribution in [0.3, 0.4) is 0 Å². The Morgan fingerprint density at radius 3 is 2.80 bits per heavy atom. The third-order valence-corrected chi connectivity index (χ3v) is 5.88. The fourth-order valence-electron chi connectivity index (χ4n) is 4.21. The number of hydrogen-bond acceptors (Lipinski definition) is 7. The molecule has 3 aromatic heterocycles. The number of rotatable bonds is 5. The Morgan fingerprint density at radius 2 is 2.03 bits per heavy atom. The lowest BCUT2D eigenvalue weighted by Gasteiger charge is -2.32. The second-order valence-corrected chi connectivity index (χ2v) is 8.06. The van der Waals surface area contributed by atoms with Gasteiger partial charge in [-0.1, -0.05) is 18.7 Å². The van der Waals surface area contributed by atoms with Crippen molar-refractivity contribution in [1.29, 1.82) is 0 Å². The van der Waals surface area contributed by atoms with Crippen molar-refractivity contribution in [2.75, 3.05) is 18.8 Å². The molecule has 1 amide bonds. The van der Waals surface area contributed by atoms with E-state index in [1.807, 2.05) is 0 Å².